The molecule has 2 N–H and O–H groups in total. The first-order valence-corrected chi connectivity index (χ1v) is 7.82. The Bertz CT molecular complexity index is 713. The lowest BCUT2D eigenvalue weighted by Gasteiger charge is -2.29. The van der Waals surface area contributed by atoms with E-state index in [4.69, 9.17) is 0 Å². The highest BCUT2D eigenvalue weighted by Crippen LogP contribution is 2.26. The second-order valence-electron chi connectivity index (χ2n) is 6.15. The number of rotatable bonds is 5. The topological polar surface area (TPSA) is 60.8 Å². The van der Waals surface area contributed by atoms with E-state index in [0.717, 1.165) is 6.07 Å². The summed E-state index contributed by atoms with van der Waals surface area (Å²) in [7, 11) is 1.66. The van der Waals surface area contributed by atoms with Gasteiger partial charge in [0.1, 0.15) is 11.6 Å². The third-order valence-electron chi connectivity index (χ3n) is 4.17. The van der Waals surface area contributed by atoms with Crippen LogP contribution in [0.3, 0.4) is 0 Å². The van der Waals surface area contributed by atoms with E-state index < -0.39 is 5.82 Å². The lowest BCUT2D eigenvalue weighted by Crippen LogP contribution is -2.42. The van der Waals surface area contributed by atoms with Gasteiger partial charge in [0.25, 0.3) is 5.91 Å². The molecule has 24 heavy (non-hydrogen) atoms. The van der Waals surface area contributed by atoms with Crippen molar-refractivity contribution in [2.75, 3.05) is 13.7 Å². The van der Waals surface area contributed by atoms with Crippen LogP contribution in [0.25, 0.3) is 11.1 Å². The monoisotopic (exact) mass is 331 g/mol. The van der Waals surface area contributed by atoms with Crippen molar-refractivity contribution in [1.82, 2.24) is 4.90 Å². The van der Waals surface area contributed by atoms with Crippen molar-refractivity contribution in [3.8, 4) is 16.9 Å². The predicted octanol–water partition coefficient (Wildman–Crippen LogP) is 3.29. The summed E-state index contributed by atoms with van der Waals surface area (Å²) in [6.07, 6.45) is 0. The number of aliphatic hydroxyl groups is 1. The normalized spacial score (nSPS) is 12.2. The Kier molecular flexibility index (Phi) is 5.57. The van der Waals surface area contributed by atoms with Crippen LogP contribution >= 0.6 is 0 Å². The SMILES string of the molecule is CC(C)[C@@H](CO)N(C)C(=O)c1ccc(-c2ccc(O)cc2F)cc1. The third kappa shape index (κ3) is 3.74. The predicted molar refractivity (Wildman–Crippen MR) is 91.3 cm³/mol. The summed E-state index contributed by atoms with van der Waals surface area (Å²) in [5.41, 5.74) is 1.45. The summed E-state index contributed by atoms with van der Waals surface area (Å²) >= 11 is 0. The highest BCUT2D eigenvalue weighted by Gasteiger charge is 2.23. The zero-order valence-corrected chi connectivity index (χ0v) is 14.0. The fraction of sp³-hybridized carbons (Fsp3) is 0.316. The van der Waals surface area contributed by atoms with Gasteiger partial charge in [-0.3, -0.25) is 4.79 Å². The zero-order chi connectivity index (χ0) is 17.9. The van der Waals surface area contributed by atoms with Gasteiger partial charge in [-0.05, 0) is 35.7 Å². The first-order chi connectivity index (χ1) is 11.3. The van der Waals surface area contributed by atoms with E-state index >= 15 is 0 Å². The van der Waals surface area contributed by atoms with Gasteiger partial charge in [0.05, 0.1) is 12.6 Å². The first-order valence-electron chi connectivity index (χ1n) is 7.82. The molecular weight excluding hydrogens is 309 g/mol. The van der Waals surface area contributed by atoms with Gasteiger partial charge in [-0.2, -0.15) is 0 Å². The Balaban J connectivity index is 2.24. The quantitative estimate of drug-likeness (QED) is 0.884. The average Bonchev–Trinajstić information content (AvgIpc) is 2.54. The summed E-state index contributed by atoms with van der Waals surface area (Å²) in [6, 6.07) is 10.3. The molecule has 4 nitrogen and oxygen atoms in total. The largest absolute Gasteiger partial charge is 0.508 e. The van der Waals surface area contributed by atoms with E-state index in [1.54, 1.807) is 31.3 Å². The molecule has 0 aliphatic rings. The molecule has 1 amide bonds. The van der Waals surface area contributed by atoms with Gasteiger partial charge in [-0.15, -0.1) is 0 Å². The van der Waals surface area contributed by atoms with E-state index in [2.05, 4.69) is 0 Å². The maximum absolute atomic E-state index is 13.9. The van der Waals surface area contributed by atoms with Crippen molar-refractivity contribution in [1.29, 1.82) is 0 Å². The molecule has 5 heteroatoms. The molecule has 0 spiro atoms. The number of benzene rings is 2. The van der Waals surface area contributed by atoms with E-state index in [0.29, 0.717) is 16.7 Å². The van der Waals surface area contributed by atoms with Gasteiger partial charge < -0.3 is 15.1 Å². The summed E-state index contributed by atoms with van der Waals surface area (Å²) in [4.78, 5) is 14.0. The number of hydrogen-bond acceptors (Lipinski definition) is 3. The fourth-order valence-electron chi connectivity index (χ4n) is 2.67. The lowest BCUT2D eigenvalue weighted by molar-refractivity contribution is 0.0588. The number of phenolic OH excluding ortho intramolecular Hbond substituents is 1. The van der Waals surface area contributed by atoms with Crippen LogP contribution in [-0.2, 0) is 0 Å². The van der Waals surface area contributed by atoms with Crippen LogP contribution in [0.15, 0.2) is 42.5 Å². The van der Waals surface area contributed by atoms with Gasteiger partial charge in [-0.25, -0.2) is 4.39 Å². The maximum Gasteiger partial charge on any atom is 0.253 e. The molecule has 2 aromatic rings. The summed E-state index contributed by atoms with van der Waals surface area (Å²) in [5.74, 6) is -0.713. The van der Waals surface area contributed by atoms with Crippen LogP contribution < -0.4 is 0 Å². The molecule has 0 fully saturated rings. The molecule has 0 bridgehead atoms. The minimum atomic E-state index is -0.522. The number of halogens is 1. The Labute approximate surface area is 141 Å². The van der Waals surface area contributed by atoms with Gasteiger partial charge in [0.2, 0.25) is 0 Å². The van der Waals surface area contributed by atoms with Gasteiger partial charge in [0, 0.05) is 24.2 Å². The Morgan fingerprint density at radius 1 is 1.17 bits per heavy atom. The Morgan fingerprint density at radius 3 is 2.29 bits per heavy atom. The number of aromatic hydroxyl groups is 1. The molecule has 0 heterocycles. The van der Waals surface area contributed by atoms with Crippen LogP contribution in [0, 0.1) is 11.7 Å². The van der Waals surface area contributed by atoms with Crippen LogP contribution in [0.1, 0.15) is 24.2 Å². The van der Waals surface area contributed by atoms with E-state index in [1.165, 1.54) is 17.0 Å². The van der Waals surface area contributed by atoms with Gasteiger partial charge in [-0.1, -0.05) is 26.0 Å². The second kappa shape index (κ2) is 7.45. The van der Waals surface area contributed by atoms with Crippen LogP contribution in [0.5, 0.6) is 5.75 Å². The lowest BCUT2D eigenvalue weighted by atomic mass is 10.0. The third-order valence-corrected chi connectivity index (χ3v) is 4.17. The van der Waals surface area contributed by atoms with Crippen LogP contribution in [-0.4, -0.2) is 40.7 Å². The van der Waals surface area contributed by atoms with E-state index in [-0.39, 0.29) is 30.2 Å². The van der Waals surface area contributed by atoms with Crippen molar-refractivity contribution in [2.45, 2.75) is 19.9 Å². The highest BCUT2D eigenvalue weighted by atomic mass is 19.1. The fourth-order valence-corrected chi connectivity index (χ4v) is 2.67. The molecule has 0 aliphatic carbocycles. The van der Waals surface area contributed by atoms with E-state index in [1.807, 2.05) is 13.8 Å². The first kappa shape index (κ1) is 17.9. The standard InChI is InChI=1S/C19H22FNO3/c1-12(2)18(11-22)21(3)19(24)14-6-4-13(5-7-14)16-9-8-15(23)10-17(16)20/h4-10,12,18,22-23H,11H2,1-3H3/t18-/m1/s1. The van der Waals surface area contributed by atoms with Gasteiger partial charge >= 0.3 is 0 Å². The summed E-state index contributed by atoms with van der Waals surface area (Å²) < 4.78 is 13.9. The smallest absolute Gasteiger partial charge is 0.253 e. The maximum atomic E-state index is 13.9. The molecular formula is C19H22FNO3. The molecule has 2 aromatic carbocycles. The van der Waals surface area contributed by atoms with Crippen LogP contribution in [0.2, 0.25) is 0 Å². The number of carbonyl (C=O) groups is 1. The number of phenols is 1. The minimum Gasteiger partial charge on any atom is -0.508 e. The Morgan fingerprint density at radius 2 is 1.79 bits per heavy atom. The Hall–Kier alpha value is -2.40. The number of nitrogens with zero attached hydrogens (tertiary/aromatic N) is 1. The van der Waals surface area contributed by atoms with Crippen molar-refractivity contribution in [3.63, 3.8) is 0 Å². The molecule has 0 saturated carbocycles. The molecule has 0 radical (unpaired) electrons. The number of amides is 1. The minimum absolute atomic E-state index is 0.100. The summed E-state index contributed by atoms with van der Waals surface area (Å²) in [6.45, 7) is 3.79. The highest BCUT2D eigenvalue weighted by molar-refractivity contribution is 5.94. The molecule has 2 rings (SSSR count). The molecule has 0 aromatic heterocycles. The zero-order valence-electron chi connectivity index (χ0n) is 14.0. The van der Waals surface area contributed by atoms with Crippen molar-refractivity contribution in [2.24, 2.45) is 5.92 Å². The van der Waals surface area contributed by atoms with Crippen molar-refractivity contribution < 1.29 is 19.4 Å². The summed E-state index contributed by atoms with van der Waals surface area (Å²) in [5, 5.41) is 18.7. The van der Waals surface area contributed by atoms with Crippen molar-refractivity contribution in [3.05, 3.63) is 53.8 Å². The number of likely N-dealkylation sites (N-methyl/N-ethyl adjacent to an activating group) is 1. The number of hydrogen-bond donors (Lipinski definition) is 2. The van der Waals surface area contributed by atoms with E-state index in [9.17, 15) is 19.4 Å². The number of carbonyl (C=O) groups excluding carboxylic acids is 1. The molecule has 0 saturated heterocycles. The molecule has 1 atom stereocenters. The molecule has 0 unspecified atom stereocenters. The van der Waals surface area contributed by atoms with Crippen LogP contribution in [0.4, 0.5) is 4.39 Å². The molecule has 128 valence electrons. The molecule has 0 aliphatic heterocycles. The number of aliphatic hydroxyl groups excluding tert-OH is 1. The van der Waals surface area contributed by atoms with Crippen molar-refractivity contribution >= 4 is 5.91 Å². The second-order valence-corrected chi connectivity index (χ2v) is 6.15. The average molecular weight is 331 g/mol. The van der Waals surface area contributed by atoms with Gasteiger partial charge in [0.15, 0.2) is 0 Å².